The minimum absolute atomic E-state index is 0.00681. The highest BCUT2D eigenvalue weighted by Gasteiger charge is 2.42. The highest BCUT2D eigenvalue weighted by Crippen LogP contribution is 2.43. The summed E-state index contributed by atoms with van der Waals surface area (Å²) in [6.07, 6.45) is 0. The summed E-state index contributed by atoms with van der Waals surface area (Å²) in [7, 11) is 6.43. The number of hydrogen-bond acceptors (Lipinski definition) is 5. The summed E-state index contributed by atoms with van der Waals surface area (Å²) in [5.74, 6) is 0.719. The summed E-state index contributed by atoms with van der Waals surface area (Å²) >= 11 is 6.08. The van der Waals surface area contributed by atoms with E-state index in [0.717, 1.165) is 5.56 Å². The van der Waals surface area contributed by atoms with Crippen molar-refractivity contribution in [1.29, 1.82) is 0 Å². The van der Waals surface area contributed by atoms with Gasteiger partial charge < -0.3 is 24.0 Å². The molecule has 1 saturated heterocycles. The number of halogens is 1. The number of amides is 2. The van der Waals surface area contributed by atoms with Gasteiger partial charge in [-0.2, -0.15) is 0 Å². The van der Waals surface area contributed by atoms with Gasteiger partial charge in [-0.05, 0) is 42.8 Å². The number of rotatable bonds is 7. The fourth-order valence-corrected chi connectivity index (χ4v) is 4.31. The minimum Gasteiger partial charge on any atom is -0.493 e. The van der Waals surface area contributed by atoms with Crippen LogP contribution in [0.2, 0.25) is 5.02 Å². The fourth-order valence-electron chi connectivity index (χ4n) is 4.12. The van der Waals surface area contributed by atoms with Crippen LogP contribution in [0.3, 0.4) is 0 Å². The zero-order valence-corrected chi connectivity index (χ0v) is 19.8. The molecule has 0 radical (unpaired) electrons. The molecule has 32 heavy (non-hydrogen) atoms. The van der Waals surface area contributed by atoms with Crippen molar-refractivity contribution < 1.29 is 23.8 Å². The van der Waals surface area contributed by atoms with Gasteiger partial charge in [0.15, 0.2) is 11.5 Å². The highest BCUT2D eigenvalue weighted by atomic mass is 35.5. The van der Waals surface area contributed by atoms with Crippen LogP contribution in [0.1, 0.15) is 28.8 Å². The van der Waals surface area contributed by atoms with Gasteiger partial charge >= 0.3 is 0 Å². The van der Waals surface area contributed by atoms with Crippen LogP contribution in [0, 0.1) is 5.92 Å². The summed E-state index contributed by atoms with van der Waals surface area (Å²) in [6.45, 7) is 3.21. The molecule has 2 amide bonds. The molecule has 3 rings (SSSR count). The molecule has 1 heterocycles. The van der Waals surface area contributed by atoms with Crippen molar-refractivity contribution in [2.75, 3.05) is 48.0 Å². The first-order chi connectivity index (χ1) is 15.3. The van der Waals surface area contributed by atoms with Gasteiger partial charge in [-0.25, -0.2) is 0 Å². The number of carbonyl (C=O) groups is 2. The number of hydrogen-bond donors (Lipinski definition) is 0. The van der Waals surface area contributed by atoms with E-state index in [1.165, 1.54) is 0 Å². The molecule has 0 spiro atoms. The molecule has 0 unspecified atom stereocenters. The minimum atomic E-state index is -0.397. The van der Waals surface area contributed by atoms with Crippen LogP contribution in [0.4, 0.5) is 0 Å². The molecule has 0 N–H and O–H groups in total. The summed E-state index contributed by atoms with van der Waals surface area (Å²) in [4.78, 5) is 29.8. The molecule has 2 atom stereocenters. The van der Waals surface area contributed by atoms with Crippen LogP contribution < -0.4 is 14.2 Å². The average molecular weight is 461 g/mol. The second kappa shape index (κ2) is 10.1. The molecular formula is C24H29ClN2O5. The average Bonchev–Trinajstić information content (AvgIpc) is 3.26. The van der Waals surface area contributed by atoms with E-state index in [1.54, 1.807) is 62.4 Å². The highest BCUT2D eigenvalue weighted by molar-refractivity contribution is 6.30. The van der Waals surface area contributed by atoms with Crippen molar-refractivity contribution in [3.63, 3.8) is 0 Å². The first-order valence-electron chi connectivity index (χ1n) is 10.4. The van der Waals surface area contributed by atoms with Gasteiger partial charge in [0.05, 0.1) is 27.2 Å². The zero-order chi connectivity index (χ0) is 23.4. The lowest BCUT2D eigenvalue weighted by Crippen LogP contribution is -2.36. The molecule has 8 heteroatoms. The second-order valence-electron chi connectivity index (χ2n) is 7.74. The van der Waals surface area contributed by atoms with Crippen LogP contribution in [0.5, 0.6) is 17.2 Å². The first kappa shape index (κ1) is 23.7. The van der Waals surface area contributed by atoms with Crippen molar-refractivity contribution in [1.82, 2.24) is 9.80 Å². The summed E-state index contributed by atoms with van der Waals surface area (Å²) in [5.41, 5.74) is 1.35. The number of likely N-dealkylation sites (tertiary alicyclic amines) is 1. The van der Waals surface area contributed by atoms with Crippen molar-refractivity contribution >= 4 is 23.4 Å². The third-order valence-electron chi connectivity index (χ3n) is 5.96. The van der Waals surface area contributed by atoms with Gasteiger partial charge in [0.25, 0.3) is 5.91 Å². The van der Waals surface area contributed by atoms with Crippen LogP contribution >= 0.6 is 11.6 Å². The SMILES string of the molecule is CCN(C)C(=O)[C@H]1CN(C(=O)c2cccc(Cl)c2)C[C@H]1c1cc(OC)c(OC)c(OC)c1. The van der Waals surface area contributed by atoms with E-state index >= 15 is 0 Å². The van der Waals surface area contributed by atoms with Crippen LogP contribution in [-0.2, 0) is 4.79 Å². The van der Waals surface area contributed by atoms with Crippen molar-refractivity contribution in [2.45, 2.75) is 12.8 Å². The van der Waals surface area contributed by atoms with E-state index in [0.29, 0.717) is 47.5 Å². The molecule has 2 aromatic carbocycles. The Morgan fingerprint density at radius 3 is 2.25 bits per heavy atom. The number of ether oxygens (including phenoxy) is 3. The maximum Gasteiger partial charge on any atom is 0.253 e. The van der Waals surface area contributed by atoms with E-state index in [1.807, 2.05) is 19.1 Å². The Labute approximate surface area is 193 Å². The van der Waals surface area contributed by atoms with Gasteiger partial charge in [0.2, 0.25) is 11.7 Å². The molecule has 172 valence electrons. The van der Waals surface area contributed by atoms with E-state index in [9.17, 15) is 9.59 Å². The molecule has 1 fully saturated rings. The molecule has 1 aliphatic rings. The monoisotopic (exact) mass is 460 g/mol. The standard InChI is InChI=1S/C24H29ClN2O5/c1-6-26(2)24(29)19-14-27(23(28)15-8-7-9-17(25)10-15)13-18(19)16-11-20(30-3)22(32-5)21(12-16)31-4/h7-12,18-19H,6,13-14H2,1-5H3/t18-,19-/m0/s1. The molecular weight excluding hydrogens is 432 g/mol. The number of methoxy groups -OCH3 is 3. The Morgan fingerprint density at radius 2 is 1.72 bits per heavy atom. The third kappa shape index (κ3) is 4.63. The summed E-state index contributed by atoms with van der Waals surface area (Å²) in [5, 5.41) is 0.495. The largest absolute Gasteiger partial charge is 0.493 e. The first-order valence-corrected chi connectivity index (χ1v) is 10.8. The lowest BCUT2D eigenvalue weighted by atomic mass is 9.87. The molecule has 0 aliphatic carbocycles. The molecule has 1 aliphatic heterocycles. The fraction of sp³-hybridized carbons (Fsp3) is 0.417. The molecule has 0 aromatic heterocycles. The number of nitrogens with zero attached hydrogens (tertiary/aromatic N) is 2. The molecule has 0 saturated carbocycles. The normalized spacial score (nSPS) is 17.8. The lowest BCUT2D eigenvalue weighted by Gasteiger charge is -2.24. The van der Waals surface area contributed by atoms with Gasteiger partial charge in [-0.3, -0.25) is 9.59 Å². The van der Waals surface area contributed by atoms with E-state index in [4.69, 9.17) is 25.8 Å². The maximum atomic E-state index is 13.2. The molecule has 2 aromatic rings. The molecule has 7 nitrogen and oxygen atoms in total. The quantitative estimate of drug-likeness (QED) is 0.630. The lowest BCUT2D eigenvalue weighted by molar-refractivity contribution is -0.133. The zero-order valence-electron chi connectivity index (χ0n) is 19.1. The van der Waals surface area contributed by atoms with Crippen molar-refractivity contribution in [3.05, 3.63) is 52.5 Å². The van der Waals surface area contributed by atoms with E-state index in [-0.39, 0.29) is 17.7 Å². The Balaban J connectivity index is 2.01. The molecule has 0 bridgehead atoms. The Morgan fingerprint density at radius 1 is 1.06 bits per heavy atom. The topological polar surface area (TPSA) is 68.3 Å². The maximum absolute atomic E-state index is 13.2. The summed E-state index contributed by atoms with van der Waals surface area (Å²) < 4.78 is 16.4. The van der Waals surface area contributed by atoms with Gasteiger partial charge in [0.1, 0.15) is 0 Å². The van der Waals surface area contributed by atoms with Crippen molar-refractivity contribution in [3.8, 4) is 17.2 Å². The summed E-state index contributed by atoms with van der Waals surface area (Å²) in [6, 6.07) is 10.6. The van der Waals surface area contributed by atoms with Gasteiger partial charge in [-0.1, -0.05) is 17.7 Å². The van der Waals surface area contributed by atoms with Gasteiger partial charge in [-0.15, -0.1) is 0 Å². The Kier molecular flexibility index (Phi) is 7.51. The van der Waals surface area contributed by atoms with Crippen LogP contribution in [-0.4, -0.2) is 69.6 Å². The predicted molar refractivity (Wildman–Crippen MR) is 123 cm³/mol. The predicted octanol–water partition coefficient (Wildman–Crippen LogP) is 3.70. The Bertz CT molecular complexity index is 971. The van der Waals surface area contributed by atoms with Crippen LogP contribution in [0.25, 0.3) is 0 Å². The van der Waals surface area contributed by atoms with E-state index < -0.39 is 5.92 Å². The second-order valence-corrected chi connectivity index (χ2v) is 8.18. The number of benzene rings is 2. The van der Waals surface area contributed by atoms with Gasteiger partial charge in [0, 0.05) is 43.2 Å². The smallest absolute Gasteiger partial charge is 0.253 e. The van der Waals surface area contributed by atoms with Crippen LogP contribution in [0.15, 0.2) is 36.4 Å². The Hall–Kier alpha value is -2.93. The van der Waals surface area contributed by atoms with E-state index in [2.05, 4.69) is 0 Å². The van der Waals surface area contributed by atoms with Crippen molar-refractivity contribution in [2.24, 2.45) is 5.92 Å². The third-order valence-corrected chi connectivity index (χ3v) is 6.20. The number of carbonyl (C=O) groups excluding carboxylic acids is 2.